The van der Waals surface area contributed by atoms with E-state index in [1.165, 1.54) is 18.0 Å². The Morgan fingerprint density at radius 1 is 1.26 bits per heavy atom. The van der Waals surface area contributed by atoms with Crippen LogP contribution in [-0.4, -0.2) is 30.1 Å². The van der Waals surface area contributed by atoms with E-state index in [1.54, 1.807) is 18.2 Å². The van der Waals surface area contributed by atoms with Crippen LogP contribution in [0.25, 0.3) is 0 Å². The third-order valence-electron chi connectivity index (χ3n) is 3.03. The second-order valence-electron chi connectivity index (χ2n) is 5.56. The van der Waals surface area contributed by atoms with E-state index in [0.717, 1.165) is 0 Å². The molecule has 0 spiro atoms. The molecule has 0 saturated heterocycles. The van der Waals surface area contributed by atoms with Gasteiger partial charge in [0.15, 0.2) is 0 Å². The zero-order chi connectivity index (χ0) is 14.8. The molecule has 1 atom stereocenters. The molecule has 19 heavy (non-hydrogen) atoms. The van der Waals surface area contributed by atoms with Gasteiger partial charge in [-0.2, -0.15) is 0 Å². The van der Waals surface area contributed by atoms with Gasteiger partial charge in [-0.05, 0) is 17.5 Å². The van der Waals surface area contributed by atoms with Crippen molar-refractivity contribution in [1.29, 1.82) is 0 Å². The summed E-state index contributed by atoms with van der Waals surface area (Å²) in [6.45, 7) is 5.60. The standard InChI is InChI=1S/C14H20N2O3/c1-14(2,3)11(15)12(17)16(4)10-8-6-5-7-9(10)13(18)19/h5-8,11H,15H2,1-4H3,(H,18,19)/t11-/m0/s1. The number of benzene rings is 1. The Kier molecular flexibility index (Phi) is 4.32. The third kappa shape index (κ3) is 3.32. The van der Waals surface area contributed by atoms with Crippen LogP contribution >= 0.6 is 0 Å². The second-order valence-corrected chi connectivity index (χ2v) is 5.56. The minimum absolute atomic E-state index is 0.0828. The van der Waals surface area contributed by atoms with Crippen LogP contribution in [0.15, 0.2) is 24.3 Å². The molecule has 1 rings (SSSR count). The van der Waals surface area contributed by atoms with Crippen molar-refractivity contribution in [2.45, 2.75) is 26.8 Å². The number of hydrogen-bond acceptors (Lipinski definition) is 3. The molecule has 0 aliphatic carbocycles. The van der Waals surface area contributed by atoms with Crippen molar-refractivity contribution >= 4 is 17.6 Å². The number of amides is 1. The maximum atomic E-state index is 12.3. The van der Waals surface area contributed by atoms with Gasteiger partial charge in [-0.15, -0.1) is 0 Å². The smallest absolute Gasteiger partial charge is 0.337 e. The Bertz CT molecular complexity index is 492. The van der Waals surface area contributed by atoms with E-state index in [2.05, 4.69) is 0 Å². The number of carbonyl (C=O) groups excluding carboxylic acids is 1. The fourth-order valence-corrected chi connectivity index (χ4v) is 1.64. The number of nitrogens with two attached hydrogens (primary N) is 1. The van der Waals surface area contributed by atoms with Crippen molar-refractivity contribution in [2.75, 3.05) is 11.9 Å². The molecule has 1 aromatic rings. The number of likely N-dealkylation sites (N-methyl/N-ethyl adjacent to an activating group) is 1. The van der Waals surface area contributed by atoms with Gasteiger partial charge in [0.25, 0.3) is 0 Å². The second kappa shape index (κ2) is 5.40. The van der Waals surface area contributed by atoms with Crippen molar-refractivity contribution in [2.24, 2.45) is 11.1 Å². The van der Waals surface area contributed by atoms with Gasteiger partial charge in [0, 0.05) is 7.05 Å². The fraction of sp³-hybridized carbons (Fsp3) is 0.429. The summed E-state index contributed by atoms with van der Waals surface area (Å²) in [5.74, 6) is -1.37. The molecule has 5 nitrogen and oxygen atoms in total. The van der Waals surface area contributed by atoms with E-state index < -0.39 is 12.0 Å². The average molecular weight is 264 g/mol. The fourth-order valence-electron chi connectivity index (χ4n) is 1.64. The van der Waals surface area contributed by atoms with Gasteiger partial charge >= 0.3 is 5.97 Å². The first-order chi connectivity index (χ1) is 8.66. The Labute approximate surface area is 113 Å². The van der Waals surface area contributed by atoms with Gasteiger partial charge in [0.1, 0.15) is 0 Å². The lowest BCUT2D eigenvalue weighted by Crippen LogP contribution is -2.49. The third-order valence-corrected chi connectivity index (χ3v) is 3.03. The number of anilines is 1. The summed E-state index contributed by atoms with van der Waals surface area (Å²) in [4.78, 5) is 24.7. The summed E-state index contributed by atoms with van der Waals surface area (Å²) < 4.78 is 0. The number of carboxylic acid groups (broad SMARTS) is 1. The van der Waals surface area contributed by atoms with Crippen LogP contribution in [0.4, 0.5) is 5.69 Å². The molecule has 0 saturated carbocycles. The summed E-state index contributed by atoms with van der Waals surface area (Å²) in [5, 5.41) is 9.13. The van der Waals surface area contributed by atoms with Crippen LogP contribution in [0.5, 0.6) is 0 Å². The molecular formula is C14H20N2O3. The van der Waals surface area contributed by atoms with Crippen LogP contribution in [0, 0.1) is 5.41 Å². The van der Waals surface area contributed by atoms with Crippen LogP contribution in [0.1, 0.15) is 31.1 Å². The first-order valence-electron chi connectivity index (χ1n) is 6.01. The van der Waals surface area contributed by atoms with Crippen molar-refractivity contribution in [3.8, 4) is 0 Å². The maximum absolute atomic E-state index is 12.3. The molecule has 0 fully saturated rings. The molecule has 0 aliphatic rings. The molecule has 5 heteroatoms. The number of rotatable bonds is 3. The highest BCUT2D eigenvalue weighted by Gasteiger charge is 2.31. The van der Waals surface area contributed by atoms with Gasteiger partial charge in [-0.25, -0.2) is 4.79 Å². The molecule has 0 unspecified atom stereocenters. The highest BCUT2D eigenvalue weighted by atomic mass is 16.4. The molecule has 0 aromatic heterocycles. The minimum Gasteiger partial charge on any atom is -0.478 e. The van der Waals surface area contributed by atoms with Crippen LogP contribution in [0.2, 0.25) is 0 Å². The lowest BCUT2D eigenvalue weighted by atomic mass is 9.86. The molecule has 0 aliphatic heterocycles. The van der Waals surface area contributed by atoms with Gasteiger partial charge in [-0.3, -0.25) is 4.79 Å². The normalized spacial score (nSPS) is 12.9. The molecule has 0 radical (unpaired) electrons. The zero-order valence-corrected chi connectivity index (χ0v) is 11.7. The van der Waals surface area contributed by atoms with Crippen molar-refractivity contribution in [3.05, 3.63) is 29.8 Å². The average Bonchev–Trinajstić information content (AvgIpc) is 2.34. The predicted molar refractivity (Wildman–Crippen MR) is 74.2 cm³/mol. The molecule has 1 amide bonds. The Hall–Kier alpha value is -1.88. The van der Waals surface area contributed by atoms with E-state index in [4.69, 9.17) is 10.8 Å². The maximum Gasteiger partial charge on any atom is 0.337 e. The molecule has 104 valence electrons. The van der Waals surface area contributed by atoms with Gasteiger partial charge < -0.3 is 15.7 Å². The zero-order valence-electron chi connectivity index (χ0n) is 11.7. The van der Waals surface area contributed by atoms with E-state index in [1.807, 2.05) is 20.8 Å². The van der Waals surface area contributed by atoms with Crippen molar-refractivity contribution < 1.29 is 14.7 Å². The largest absolute Gasteiger partial charge is 0.478 e. The molecule has 0 bridgehead atoms. The van der Waals surface area contributed by atoms with Crippen LogP contribution < -0.4 is 10.6 Å². The summed E-state index contributed by atoms with van der Waals surface area (Å²) >= 11 is 0. The van der Waals surface area contributed by atoms with E-state index in [9.17, 15) is 9.59 Å². The van der Waals surface area contributed by atoms with Crippen molar-refractivity contribution in [3.63, 3.8) is 0 Å². The molecule has 3 N–H and O–H groups in total. The minimum atomic E-state index is -1.07. The molecular weight excluding hydrogens is 244 g/mol. The first-order valence-corrected chi connectivity index (χ1v) is 6.01. The first kappa shape index (κ1) is 15.2. The predicted octanol–water partition coefficient (Wildman–Crippen LogP) is 1.72. The SMILES string of the molecule is CN(C(=O)[C@H](N)C(C)(C)C)c1ccccc1C(=O)O. The summed E-state index contributed by atoms with van der Waals surface area (Å²) in [6, 6.07) is 5.67. The molecule has 0 heterocycles. The number of carboxylic acids is 1. The monoisotopic (exact) mass is 264 g/mol. The van der Waals surface area contributed by atoms with Gasteiger partial charge in [0.05, 0.1) is 17.3 Å². The highest BCUT2D eigenvalue weighted by Crippen LogP contribution is 2.24. The van der Waals surface area contributed by atoms with Gasteiger partial charge in [-0.1, -0.05) is 32.9 Å². The number of carbonyl (C=O) groups is 2. The lowest BCUT2D eigenvalue weighted by Gasteiger charge is -2.30. The summed E-state index contributed by atoms with van der Waals surface area (Å²) in [7, 11) is 1.54. The van der Waals surface area contributed by atoms with E-state index >= 15 is 0 Å². The number of para-hydroxylation sites is 1. The van der Waals surface area contributed by atoms with Crippen LogP contribution in [0.3, 0.4) is 0 Å². The Morgan fingerprint density at radius 2 is 1.79 bits per heavy atom. The number of nitrogens with zero attached hydrogens (tertiary/aromatic N) is 1. The van der Waals surface area contributed by atoms with E-state index in [0.29, 0.717) is 5.69 Å². The van der Waals surface area contributed by atoms with E-state index in [-0.39, 0.29) is 16.9 Å². The topological polar surface area (TPSA) is 83.6 Å². The summed E-state index contributed by atoms with van der Waals surface area (Å²) in [5.41, 5.74) is 5.96. The Morgan fingerprint density at radius 3 is 2.26 bits per heavy atom. The number of hydrogen-bond donors (Lipinski definition) is 2. The number of aromatic carboxylic acids is 1. The molecule has 1 aromatic carbocycles. The summed E-state index contributed by atoms with van der Waals surface area (Å²) in [6.07, 6.45) is 0. The quantitative estimate of drug-likeness (QED) is 0.870. The lowest BCUT2D eigenvalue weighted by molar-refractivity contribution is -0.121. The Balaban J connectivity index is 3.11. The van der Waals surface area contributed by atoms with Gasteiger partial charge in [0.2, 0.25) is 5.91 Å². The van der Waals surface area contributed by atoms with Crippen molar-refractivity contribution in [1.82, 2.24) is 0 Å². The highest BCUT2D eigenvalue weighted by molar-refractivity contribution is 6.03. The van der Waals surface area contributed by atoms with Crippen LogP contribution in [-0.2, 0) is 4.79 Å².